The number of hydrogen-bond acceptors (Lipinski definition) is 14. The van der Waals surface area contributed by atoms with Crippen LogP contribution in [-0.4, -0.2) is 149 Å². The van der Waals surface area contributed by atoms with E-state index in [1.54, 1.807) is 13.8 Å². The molecule has 62 heavy (non-hydrogen) atoms. The summed E-state index contributed by atoms with van der Waals surface area (Å²) in [6, 6.07) is 18.7. The summed E-state index contributed by atoms with van der Waals surface area (Å²) in [6.07, 6.45) is 0.526. The minimum Gasteiger partial charge on any atom is -0.491 e. The molecule has 0 fully saturated rings. The molecule has 0 radical (unpaired) electrons. The highest BCUT2D eigenvalue weighted by molar-refractivity contribution is 5.81. The third-order valence-electron chi connectivity index (χ3n) is 10.5. The minimum absolute atomic E-state index is 0.0164. The molecule has 2 rings (SSSR count). The second-order valence-electron chi connectivity index (χ2n) is 16.0. The predicted octanol–water partition coefficient (Wildman–Crippen LogP) is 6.16. The van der Waals surface area contributed by atoms with E-state index in [-0.39, 0.29) is 31.5 Å². The van der Waals surface area contributed by atoms with Gasteiger partial charge in [0.1, 0.15) is 19.0 Å². The Kier molecular flexibility index (Phi) is 27.4. The number of carboxylic acid groups (broad SMARTS) is 1. The summed E-state index contributed by atoms with van der Waals surface area (Å²) in [5.74, 6) is -2.05. The van der Waals surface area contributed by atoms with E-state index in [1.165, 1.54) is 25.2 Å². The van der Waals surface area contributed by atoms with Crippen LogP contribution in [0.2, 0.25) is 0 Å². The molecule has 352 valence electrons. The Morgan fingerprint density at radius 3 is 1.31 bits per heavy atom. The lowest BCUT2D eigenvalue weighted by atomic mass is 9.68. The Balaban J connectivity index is 1.34. The van der Waals surface area contributed by atoms with Crippen LogP contribution in [0.1, 0.15) is 71.9 Å². The van der Waals surface area contributed by atoms with Gasteiger partial charge in [-0.15, -0.1) is 0 Å². The van der Waals surface area contributed by atoms with Gasteiger partial charge in [0.25, 0.3) is 0 Å². The van der Waals surface area contributed by atoms with Crippen molar-refractivity contribution in [1.82, 2.24) is 0 Å². The molecule has 1 N–H and O–H groups in total. The molecule has 0 amide bonds. The fraction of sp³-hybridized carbons (Fsp3) is 0.681. The van der Waals surface area contributed by atoms with Crippen molar-refractivity contribution in [2.24, 2.45) is 16.7 Å². The summed E-state index contributed by atoms with van der Waals surface area (Å²) < 4.78 is 60.5. The maximum Gasteiger partial charge on any atom is 0.311 e. The van der Waals surface area contributed by atoms with Gasteiger partial charge in [-0.3, -0.25) is 14.4 Å². The number of aliphatic carboxylic acids is 1. The zero-order chi connectivity index (χ0) is 45.5. The van der Waals surface area contributed by atoms with Crippen molar-refractivity contribution in [3.63, 3.8) is 0 Å². The fourth-order valence-electron chi connectivity index (χ4n) is 6.66. The summed E-state index contributed by atoms with van der Waals surface area (Å²) in [7, 11) is 1.29. The zero-order valence-electron chi connectivity index (χ0n) is 38.3. The molecule has 0 bridgehead atoms. The second kappa shape index (κ2) is 31.2. The molecule has 0 saturated heterocycles. The predicted molar refractivity (Wildman–Crippen MR) is 233 cm³/mol. The summed E-state index contributed by atoms with van der Waals surface area (Å²) in [6.45, 7) is 18.3. The van der Waals surface area contributed by atoms with Gasteiger partial charge in [-0.1, -0.05) is 70.2 Å². The molecule has 0 aromatic heterocycles. The Hall–Kier alpha value is -3.67. The molecule has 15 nitrogen and oxygen atoms in total. The lowest BCUT2D eigenvalue weighted by Gasteiger charge is -2.36. The highest BCUT2D eigenvalue weighted by Crippen LogP contribution is 2.42. The van der Waals surface area contributed by atoms with Crippen molar-refractivity contribution < 1.29 is 71.6 Å². The van der Waals surface area contributed by atoms with Gasteiger partial charge in [0.05, 0.1) is 130 Å². The van der Waals surface area contributed by atoms with Gasteiger partial charge in [0, 0.05) is 5.41 Å². The number of carbonyl (C=O) groups excluding carboxylic acids is 2. The summed E-state index contributed by atoms with van der Waals surface area (Å²) >= 11 is 0. The molecule has 3 unspecified atom stereocenters. The van der Waals surface area contributed by atoms with E-state index in [0.29, 0.717) is 112 Å². The van der Waals surface area contributed by atoms with Crippen LogP contribution in [0.25, 0.3) is 0 Å². The highest BCUT2D eigenvalue weighted by Gasteiger charge is 2.46. The van der Waals surface area contributed by atoms with Gasteiger partial charge >= 0.3 is 17.9 Å². The van der Waals surface area contributed by atoms with Gasteiger partial charge in [0.15, 0.2) is 0 Å². The van der Waals surface area contributed by atoms with Crippen LogP contribution < -0.4 is 4.74 Å². The van der Waals surface area contributed by atoms with Crippen molar-refractivity contribution in [3.05, 3.63) is 65.7 Å². The minimum atomic E-state index is -1.21. The first kappa shape index (κ1) is 54.5. The number of hydrogen-bond donors (Lipinski definition) is 1. The van der Waals surface area contributed by atoms with E-state index in [1.807, 2.05) is 25.1 Å². The van der Waals surface area contributed by atoms with Crippen LogP contribution in [0.5, 0.6) is 5.75 Å². The van der Waals surface area contributed by atoms with Crippen LogP contribution >= 0.6 is 0 Å². The van der Waals surface area contributed by atoms with E-state index in [4.69, 9.17) is 52.1 Å². The maximum atomic E-state index is 13.1. The zero-order valence-corrected chi connectivity index (χ0v) is 38.3. The Labute approximate surface area is 369 Å². The van der Waals surface area contributed by atoms with Crippen molar-refractivity contribution >= 4 is 17.9 Å². The van der Waals surface area contributed by atoms with Crippen LogP contribution in [0.3, 0.4) is 0 Å². The van der Waals surface area contributed by atoms with Crippen LogP contribution in [0.15, 0.2) is 54.6 Å². The molecule has 2 aromatic carbocycles. The van der Waals surface area contributed by atoms with E-state index in [2.05, 4.69) is 50.2 Å². The Bertz CT molecular complexity index is 1490. The lowest BCUT2D eigenvalue weighted by Crippen LogP contribution is -2.41. The molecule has 0 spiro atoms. The normalized spacial score (nSPS) is 14.1. The molecule has 0 heterocycles. The molecule has 15 heteroatoms. The fourth-order valence-corrected chi connectivity index (χ4v) is 6.66. The van der Waals surface area contributed by atoms with Gasteiger partial charge in [-0.05, 0) is 56.4 Å². The van der Waals surface area contributed by atoms with Crippen LogP contribution in [0, 0.1) is 16.7 Å². The Morgan fingerprint density at radius 1 is 0.532 bits per heavy atom. The standard InChI is InChI=1S/C47H74O15/c1-8-46(5,43(50)52-7)37-47(6,36-38(2)42(48)49)44(51)62-35-33-60-31-29-58-27-25-56-23-21-54-19-18-53-20-22-55-24-26-57-28-30-59-32-34-61-41-16-14-40(15-17-41)45(3,4)39-12-10-9-11-13-39/h9-17,38H,8,18-37H2,1-7H3,(H,48,49). The maximum absolute atomic E-state index is 13.1. The first-order valence-electron chi connectivity index (χ1n) is 21.7. The first-order chi connectivity index (χ1) is 29.8. The van der Waals surface area contributed by atoms with Crippen LogP contribution in [0.4, 0.5) is 0 Å². The number of methoxy groups -OCH3 is 1. The van der Waals surface area contributed by atoms with E-state index < -0.39 is 34.7 Å². The van der Waals surface area contributed by atoms with E-state index in [9.17, 15) is 19.5 Å². The summed E-state index contributed by atoms with van der Waals surface area (Å²) in [5.41, 5.74) is 0.243. The van der Waals surface area contributed by atoms with E-state index in [0.717, 1.165) is 5.75 Å². The number of rotatable bonds is 38. The van der Waals surface area contributed by atoms with Crippen LogP contribution in [-0.2, 0) is 67.2 Å². The molecule has 0 aliphatic rings. The van der Waals surface area contributed by atoms with Gasteiger partial charge in [0.2, 0.25) is 0 Å². The molecule has 0 aliphatic heterocycles. The average Bonchev–Trinajstić information content (AvgIpc) is 3.27. The number of carboxylic acids is 1. The topological polar surface area (TPSA) is 173 Å². The molecule has 2 aromatic rings. The SMILES string of the molecule is CCC(C)(CC(C)(CC(C)C(=O)O)C(=O)OCCOCCOCCOCCOCCOCCOCCOCCOCCOc1ccc(C(C)(C)c2ccccc2)cc1)C(=O)OC. The first-order valence-corrected chi connectivity index (χ1v) is 21.7. The quantitative estimate of drug-likeness (QED) is 0.0600. The van der Waals surface area contributed by atoms with Gasteiger partial charge < -0.3 is 57.2 Å². The highest BCUT2D eigenvalue weighted by atomic mass is 16.6. The number of ether oxygens (including phenoxy) is 11. The second-order valence-corrected chi connectivity index (χ2v) is 16.0. The van der Waals surface area contributed by atoms with Gasteiger partial charge in [-0.25, -0.2) is 0 Å². The largest absolute Gasteiger partial charge is 0.491 e. The molecule has 0 saturated carbocycles. The summed E-state index contributed by atoms with van der Waals surface area (Å²) in [4.78, 5) is 37.2. The third-order valence-corrected chi connectivity index (χ3v) is 10.5. The average molecular weight is 879 g/mol. The van der Waals surface area contributed by atoms with Gasteiger partial charge in [-0.2, -0.15) is 0 Å². The third kappa shape index (κ3) is 21.6. The van der Waals surface area contributed by atoms with Crippen molar-refractivity contribution in [2.75, 3.05) is 126 Å². The summed E-state index contributed by atoms with van der Waals surface area (Å²) in [5, 5.41) is 9.46. The monoisotopic (exact) mass is 879 g/mol. The Morgan fingerprint density at radius 2 is 0.919 bits per heavy atom. The van der Waals surface area contributed by atoms with Crippen molar-refractivity contribution in [1.29, 1.82) is 0 Å². The molecular formula is C47H74O15. The van der Waals surface area contributed by atoms with E-state index >= 15 is 0 Å². The smallest absolute Gasteiger partial charge is 0.311 e. The van der Waals surface area contributed by atoms with Crippen molar-refractivity contribution in [3.8, 4) is 5.75 Å². The lowest BCUT2D eigenvalue weighted by molar-refractivity contribution is -0.165. The van der Waals surface area contributed by atoms with Crippen molar-refractivity contribution in [2.45, 2.75) is 66.2 Å². The molecule has 3 atom stereocenters. The molecular weight excluding hydrogens is 805 g/mol. The number of esters is 2. The number of carbonyl (C=O) groups is 3. The molecule has 0 aliphatic carbocycles. The number of benzene rings is 2.